The molecule has 0 fully saturated rings. The molecule has 0 bridgehead atoms. The van der Waals surface area contributed by atoms with Crippen LogP contribution in [-0.2, 0) is 9.47 Å². The van der Waals surface area contributed by atoms with E-state index in [4.69, 9.17) is 0 Å². The molecule has 0 heterocycles. The lowest BCUT2D eigenvalue weighted by molar-refractivity contribution is -0.397. The van der Waals surface area contributed by atoms with Gasteiger partial charge in [-0.15, -0.1) is 0 Å². The average molecular weight is 350 g/mol. The van der Waals surface area contributed by atoms with Gasteiger partial charge in [0.15, 0.2) is 0 Å². The fourth-order valence-corrected chi connectivity index (χ4v) is 1.05. The van der Waals surface area contributed by atoms with Crippen LogP contribution >= 0.6 is 0 Å². The van der Waals surface area contributed by atoms with E-state index in [-0.39, 0.29) is 0 Å². The average Bonchev–Trinajstić information content (AvgIpc) is 2.25. The molecule has 0 aromatic rings. The summed E-state index contributed by atoms with van der Waals surface area (Å²) in [5, 5.41) is 0. The van der Waals surface area contributed by atoms with E-state index >= 15 is 0 Å². The molecular formula is C10H11F9O3. The first-order valence-electron chi connectivity index (χ1n) is 5.60. The van der Waals surface area contributed by atoms with E-state index in [0.29, 0.717) is 0 Å². The largest absolute Gasteiger partial charge is 0.508 e. The van der Waals surface area contributed by atoms with E-state index in [1.54, 1.807) is 0 Å². The molecule has 3 nitrogen and oxygen atoms in total. The monoisotopic (exact) mass is 350 g/mol. The summed E-state index contributed by atoms with van der Waals surface area (Å²) in [6, 6.07) is 0. The maximum absolute atomic E-state index is 13.0. The van der Waals surface area contributed by atoms with Crippen LogP contribution in [0.2, 0.25) is 0 Å². The molecule has 0 spiro atoms. The summed E-state index contributed by atoms with van der Waals surface area (Å²) in [5.74, 6) is -19.4. The van der Waals surface area contributed by atoms with Gasteiger partial charge in [-0.3, -0.25) is 0 Å². The van der Waals surface area contributed by atoms with Gasteiger partial charge in [0, 0.05) is 0 Å². The van der Waals surface area contributed by atoms with Gasteiger partial charge >= 0.3 is 30.1 Å². The van der Waals surface area contributed by atoms with Crippen molar-refractivity contribution >= 4 is 6.16 Å². The van der Waals surface area contributed by atoms with Crippen LogP contribution in [0.3, 0.4) is 0 Å². The van der Waals surface area contributed by atoms with E-state index in [1.807, 2.05) is 0 Å². The van der Waals surface area contributed by atoms with Crippen LogP contribution in [-0.4, -0.2) is 42.8 Å². The highest BCUT2D eigenvalue weighted by Crippen LogP contribution is 2.53. The molecule has 0 aliphatic carbocycles. The molecule has 0 atom stereocenters. The van der Waals surface area contributed by atoms with Crippen LogP contribution in [0.25, 0.3) is 0 Å². The summed E-state index contributed by atoms with van der Waals surface area (Å²) in [6.45, 7) is 1.11. The number of halogens is 9. The highest BCUT2D eigenvalue weighted by molar-refractivity contribution is 5.59. The quantitative estimate of drug-likeness (QED) is 0.526. The number of carbonyl (C=O) groups excluding carboxylic acids is 1. The summed E-state index contributed by atoms with van der Waals surface area (Å²) in [4.78, 5) is 10.7. The molecule has 0 aromatic heterocycles. The molecule has 22 heavy (non-hydrogen) atoms. The van der Waals surface area contributed by atoms with E-state index in [9.17, 15) is 44.3 Å². The summed E-state index contributed by atoms with van der Waals surface area (Å²) >= 11 is 0. The maximum Gasteiger partial charge on any atom is 0.508 e. The Kier molecular flexibility index (Phi) is 6.01. The van der Waals surface area contributed by atoms with Crippen LogP contribution in [0.4, 0.5) is 44.3 Å². The zero-order chi connectivity index (χ0) is 18.0. The third kappa shape index (κ3) is 4.32. The molecule has 0 radical (unpaired) electrons. The van der Waals surface area contributed by atoms with Gasteiger partial charge in [-0.1, -0.05) is 0 Å². The van der Waals surface area contributed by atoms with Gasteiger partial charge in [0.25, 0.3) is 0 Å². The minimum atomic E-state index is -6.96. The first kappa shape index (κ1) is 20.6. The van der Waals surface area contributed by atoms with Crippen molar-refractivity contribution in [3.63, 3.8) is 0 Å². The predicted octanol–water partition coefficient (Wildman–Crippen LogP) is 4.41. The minimum absolute atomic E-state index is 0.746. The number of alkyl halides is 9. The smallest absolute Gasteiger partial charge is 0.434 e. The van der Waals surface area contributed by atoms with Gasteiger partial charge in [-0.05, 0) is 13.8 Å². The summed E-state index contributed by atoms with van der Waals surface area (Å²) in [7, 11) is 0. The number of hydrogen-bond acceptors (Lipinski definition) is 3. The minimum Gasteiger partial charge on any atom is -0.434 e. The van der Waals surface area contributed by atoms with Crippen molar-refractivity contribution in [2.45, 2.75) is 50.3 Å². The van der Waals surface area contributed by atoms with E-state index < -0.39 is 49.2 Å². The molecule has 0 N–H and O–H groups in total. The van der Waals surface area contributed by atoms with Crippen molar-refractivity contribution in [1.82, 2.24) is 0 Å². The number of ether oxygens (including phenoxy) is 2. The SMILES string of the molecule is CC(C)OC(=O)OCCC(F)(F)C(F)(F)C(F)(F)C(F)(F)F. The Bertz CT molecular complexity index is 390. The van der Waals surface area contributed by atoms with Crippen molar-refractivity contribution < 1.29 is 53.8 Å². The lowest BCUT2D eigenvalue weighted by Crippen LogP contribution is -2.61. The van der Waals surface area contributed by atoms with E-state index in [0.717, 1.165) is 0 Å². The van der Waals surface area contributed by atoms with Crippen molar-refractivity contribution in [2.75, 3.05) is 6.61 Å². The topological polar surface area (TPSA) is 35.5 Å². The van der Waals surface area contributed by atoms with Gasteiger partial charge in [0.2, 0.25) is 0 Å². The Balaban J connectivity index is 4.89. The zero-order valence-corrected chi connectivity index (χ0v) is 11.1. The second kappa shape index (κ2) is 6.41. The molecule has 12 heteroatoms. The Morgan fingerprint density at radius 2 is 1.36 bits per heavy atom. The Morgan fingerprint density at radius 3 is 1.73 bits per heavy atom. The molecule has 0 aliphatic rings. The van der Waals surface area contributed by atoms with E-state index in [2.05, 4.69) is 9.47 Å². The maximum atomic E-state index is 13.0. The van der Waals surface area contributed by atoms with Gasteiger partial charge in [0.1, 0.15) is 6.61 Å². The highest BCUT2D eigenvalue weighted by Gasteiger charge is 2.81. The van der Waals surface area contributed by atoms with Crippen molar-refractivity contribution in [3.05, 3.63) is 0 Å². The summed E-state index contributed by atoms with van der Waals surface area (Å²) in [6.07, 6.45) is -11.4. The molecular weight excluding hydrogens is 339 g/mol. The second-order valence-corrected chi connectivity index (χ2v) is 4.37. The molecule has 0 amide bonds. The van der Waals surface area contributed by atoms with E-state index in [1.165, 1.54) is 13.8 Å². The molecule has 0 saturated carbocycles. The number of rotatable bonds is 6. The van der Waals surface area contributed by atoms with Crippen LogP contribution in [0.15, 0.2) is 0 Å². The first-order chi connectivity index (χ1) is 9.56. The van der Waals surface area contributed by atoms with Crippen molar-refractivity contribution in [2.24, 2.45) is 0 Å². The molecule has 0 saturated heterocycles. The molecule has 0 unspecified atom stereocenters. The third-order valence-corrected chi connectivity index (χ3v) is 2.18. The number of carbonyl (C=O) groups is 1. The predicted molar refractivity (Wildman–Crippen MR) is 53.1 cm³/mol. The zero-order valence-electron chi connectivity index (χ0n) is 11.1. The summed E-state index contributed by atoms with van der Waals surface area (Å²) < 4.78 is 120. The Labute approximate surface area is 118 Å². The normalized spacial score (nSPS) is 14.2. The fraction of sp³-hybridized carbons (Fsp3) is 0.900. The second-order valence-electron chi connectivity index (χ2n) is 4.37. The van der Waals surface area contributed by atoms with Crippen LogP contribution in [0.1, 0.15) is 20.3 Å². The third-order valence-electron chi connectivity index (χ3n) is 2.18. The van der Waals surface area contributed by atoms with Crippen LogP contribution in [0, 0.1) is 0 Å². The van der Waals surface area contributed by atoms with Gasteiger partial charge in [-0.25, -0.2) is 4.79 Å². The van der Waals surface area contributed by atoms with Gasteiger partial charge < -0.3 is 9.47 Å². The van der Waals surface area contributed by atoms with Gasteiger partial charge in [-0.2, -0.15) is 39.5 Å². The highest BCUT2D eigenvalue weighted by atomic mass is 19.4. The molecule has 132 valence electrons. The standard InChI is InChI=1S/C10H11F9O3/c1-5(2)22-6(20)21-4-3-7(11,12)8(13,14)9(15,16)10(17,18)19/h5H,3-4H2,1-2H3. The van der Waals surface area contributed by atoms with Gasteiger partial charge in [0.05, 0.1) is 12.5 Å². The molecule has 0 rings (SSSR count). The van der Waals surface area contributed by atoms with Crippen molar-refractivity contribution in [1.29, 1.82) is 0 Å². The Morgan fingerprint density at radius 1 is 0.909 bits per heavy atom. The fourth-order valence-electron chi connectivity index (χ4n) is 1.05. The Hall–Kier alpha value is -1.36. The first-order valence-corrected chi connectivity index (χ1v) is 5.60. The lowest BCUT2D eigenvalue weighted by atomic mass is 10.0. The summed E-state index contributed by atoms with van der Waals surface area (Å²) in [5.41, 5.74) is 0. The molecule has 0 aliphatic heterocycles. The van der Waals surface area contributed by atoms with Crippen LogP contribution in [0.5, 0.6) is 0 Å². The molecule has 0 aromatic carbocycles. The van der Waals surface area contributed by atoms with Crippen molar-refractivity contribution in [3.8, 4) is 0 Å². The van der Waals surface area contributed by atoms with Crippen LogP contribution < -0.4 is 0 Å². The number of hydrogen-bond donors (Lipinski definition) is 0. The lowest BCUT2D eigenvalue weighted by Gasteiger charge is -2.33.